The number of benzene rings is 1. The van der Waals surface area contributed by atoms with Crippen LogP contribution in [0.4, 0.5) is 11.6 Å². The Bertz CT molecular complexity index is 750. The summed E-state index contributed by atoms with van der Waals surface area (Å²) in [6, 6.07) is 9.97. The van der Waals surface area contributed by atoms with Crippen molar-refractivity contribution in [2.45, 2.75) is 6.42 Å². The van der Waals surface area contributed by atoms with Gasteiger partial charge in [0.2, 0.25) is 0 Å². The Morgan fingerprint density at radius 3 is 3.11 bits per heavy atom. The maximum absolute atomic E-state index is 5.63. The van der Waals surface area contributed by atoms with Crippen molar-refractivity contribution in [2.24, 2.45) is 0 Å². The van der Waals surface area contributed by atoms with E-state index in [1.54, 1.807) is 6.20 Å². The minimum Gasteiger partial charge on any atom is -0.489 e. The molecule has 3 aromatic rings. The van der Waals surface area contributed by atoms with Gasteiger partial charge in [0.05, 0.1) is 12.1 Å². The summed E-state index contributed by atoms with van der Waals surface area (Å²) in [4.78, 5) is 4.34. The predicted octanol–water partition coefficient (Wildman–Crippen LogP) is 2.64. The molecule has 0 aliphatic carbocycles. The molecular formula is C14H12N4O. The van der Waals surface area contributed by atoms with Crippen LogP contribution < -0.4 is 10.1 Å². The number of aromatic nitrogens is 3. The van der Waals surface area contributed by atoms with Gasteiger partial charge < -0.3 is 10.1 Å². The van der Waals surface area contributed by atoms with Crippen LogP contribution in [0.15, 0.2) is 36.5 Å². The van der Waals surface area contributed by atoms with Crippen molar-refractivity contribution in [1.82, 2.24) is 15.2 Å². The second-order valence-corrected chi connectivity index (χ2v) is 4.49. The molecule has 0 spiro atoms. The molecule has 0 fully saturated rings. The molecular weight excluding hydrogens is 240 g/mol. The standard InChI is InChI=1S/C14H12N4O/c1-2-4-11-10(3-1)13(18-17-11)16-14-12-9(5-7-15-14)6-8-19-12/h1-5,7H,6,8H2,(H2,15,16,17,18). The number of anilines is 2. The maximum atomic E-state index is 5.63. The fourth-order valence-electron chi connectivity index (χ4n) is 2.37. The van der Waals surface area contributed by atoms with Crippen molar-refractivity contribution in [3.63, 3.8) is 0 Å². The normalized spacial score (nSPS) is 13.3. The van der Waals surface area contributed by atoms with E-state index in [9.17, 15) is 0 Å². The van der Waals surface area contributed by atoms with Crippen LogP contribution in [-0.4, -0.2) is 21.8 Å². The van der Waals surface area contributed by atoms with E-state index in [0.29, 0.717) is 0 Å². The molecule has 5 nitrogen and oxygen atoms in total. The van der Waals surface area contributed by atoms with Gasteiger partial charge in [0.1, 0.15) is 0 Å². The number of nitrogens with one attached hydrogen (secondary N) is 2. The predicted molar refractivity (Wildman–Crippen MR) is 72.8 cm³/mol. The molecule has 0 radical (unpaired) electrons. The largest absolute Gasteiger partial charge is 0.489 e. The first-order valence-corrected chi connectivity index (χ1v) is 6.22. The summed E-state index contributed by atoms with van der Waals surface area (Å²) in [5.41, 5.74) is 2.19. The molecule has 0 unspecified atom stereocenters. The Labute approximate surface area is 109 Å². The van der Waals surface area contributed by atoms with Crippen molar-refractivity contribution < 1.29 is 4.74 Å². The van der Waals surface area contributed by atoms with Crippen LogP contribution in [-0.2, 0) is 6.42 Å². The van der Waals surface area contributed by atoms with Gasteiger partial charge in [-0.25, -0.2) is 4.98 Å². The third kappa shape index (κ3) is 1.62. The Hall–Kier alpha value is -2.56. The molecule has 2 aromatic heterocycles. The summed E-state index contributed by atoms with van der Waals surface area (Å²) >= 11 is 0. The van der Waals surface area contributed by atoms with Crippen molar-refractivity contribution in [2.75, 3.05) is 11.9 Å². The monoisotopic (exact) mass is 252 g/mol. The summed E-state index contributed by atoms with van der Waals surface area (Å²) in [6.07, 6.45) is 2.73. The van der Waals surface area contributed by atoms with Gasteiger partial charge in [0, 0.05) is 23.6 Å². The summed E-state index contributed by atoms with van der Waals surface area (Å²) in [5, 5.41) is 11.6. The quantitative estimate of drug-likeness (QED) is 0.736. The number of nitrogens with zero attached hydrogens (tertiary/aromatic N) is 2. The molecule has 0 saturated heterocycles. The fourth-order valence-corrected chi connectivity index (χ4v) is 2.37. The van der Waals surface area contributed by atoms with Gasteiger partial charge in [-0.3, -0.25) is 5.10 Å². The second kappa shape index (κ2) is 3.98. The summed E-state index contributed by atoms with van der Waals surface area (Å²) < 4.78 is 5.63. The number of pyridine rings is 1. The highest BCUT2D eigenvalue weighted by molar-refractivity contribution is 5.91. The number of para-hydroxylation sites is 1. The number of hydrogen-bond donors (Lipinski definition) is 2. The summed E-state index contributed by atoms with van der Waals surface area (Å²) in [6.45, 7) is 0.719. The van der Waals surface area contributed by atoms with Gasteiger partial charge in [-0.2, -0.15) is 5.10 Å². The van der Waals surface area contributed by atoms with E-state index in [0.717, 1.165) is 41.3 Å². The van der Waals surface area contributed by atoms with E-state index in [1.807, 2.05) is 30.3 Å². The SMILES string of the molecule is c1ccc2c(Nc3nccc4c3OCC4)n[nH]c2c1. The number of aromatic amines is 1. The lowest BCUT2D eigenvalue weighted by Gasteiger charge is -2.07. The number of fused-ring (bicyclic) bond motifs is 2. The van der Waals surface area contributed by atoms with E-state index in [1.165, 1.54) is 5.56 Å². The zero-order valence-corrected chi connectivity index (χ0v) is 10.2. The first-order valence-electron chi connectivity index (χ1n) is 6.22. The molecule has 19 heavy (non-hydrogen) atoms. The van der Waals surface area contributed by atoms with Gasteiger partial charge in [-0.05, 0) is 18.2 Å². The zero-order chi connectivity index (χ0) is 12.7. The van der Waals surface area contributed by atoms with Gasteiger partial charge in [0.25, 0.3) is 0 Å². The van der Waals surface area contributed by atoms with Crippen LogP contribution in [0, 0.1) is 0 Å². The van der Waals surface area contributed by atoms with Crippen LogP contribution in [0.1, 0.15) is 5.56 Å². The molecule has 0 bridgehead atoms. The molecule has 0 amide bonds. The van der Waals surface area contributed by atoms with Crippen molar-refractivity contribution >= 4 is 22.5 Å². The third-order valence-corrected chi connectivity index (χ3v) is 3.31. The highest BCUT2D eigenvalue weighted by Crippen LogP contribution is 2.34. The smallest absolute Gasteiger partial charge is 0.174 e. The van der Waals surface area contributed by atoms with E-state index >= 15 is 0 Å². The van der Waals surface area contributed by atoms with Gasteiger partial charge >= 0.3 is 0 Å². The maximum Gasteiger partial charge on any atom is 0.174 e. The van der Waals surface area contributed by atoms with Gasteiger partial charge in [-0.1, -0.05) is 12.1 Å². The van der Waals surface area contributed by atoms with E-state index in [2.05, 4.69) is 20.5 Å². The molecule has 1 aliphatic rings. The number of H-pyrrole nitrogens is 1. The zero-order valence-electron chi connectivity index (χ0n) is 10.2. The molecule has 3 heterocycles. The third-order valence-electron chi connectivity index (χ3n) is 3.31. The lowest BCUT2D eigenvalue weighted by atomic mass is 10.2. The molecule has 1 aromatic carbocycles. The Balaban J connectivity index is 1.78. The highest BCUT2D eigenvalue weighted by atomic mass is 16.5. The minimum atomic E-state index is 0.719. The lowest BCUT2D eigenvalue weighted by molar-refractivity contribution is 0.357. The lowest BCUT2D eigenvalue weighted by Crippen LogP contribution is -1.97. The summed E-state index contributed by atoms with van der Waals surface area (Å²) in [5.74, 6) is 2.34. The first-order chi connectivity index (χ1) is 9.42. The van der Waals surface area contributed by atoms with Crippen LogP contribution in [0.5, 0.6) is 5.75 Å². The van der Waals surface area contributed by atoms with E-state index in [-0.39, 0.29) is 0 Å². The molecule has 1 aliphatic heterocycles. The highest BCUT2D eigenvalue weighted by Gasteiger charge is 2.18. The molecule has 0 saturated carbocycles. The average Bonchev–Trinajstić information content (AvgIpc) is 3.06. The molecule has 94 valence electrons. The number of ether oxygens (including phenoxy) is 1. The van der Waals surface area contributed by atoms with E-state index < -0.39 is 0 Å². The Morgan fingerprint density at radius 2 is 2.11 bits per heavy atom. The van der Waals surface area contributed by atoms with Crippen LogP contribution >= 0.6 is 0 Å². The van der Waals surface area contributed by atoms with Crippen LogP contribution in [0.3, 0.4) is 0 Å². The fraction of sp³-hybridized carbons (Fsp3) is 0.143. The van der Waals surface area contributed by atoms with Crippen LogP contribution in [0.25, 0.3) is 10.9 Å². The Kier molecular flexibility index (Phi) is 2.17. The molecule has 4 rings (SSSR count). The summed E-state index contributed by atoms with van der Waals surface area (Å²) in [7, 11) is 0. The van der Waals surface area contributed by atoms with Gasteiger partial charge in [-0.15, -0.1) is 0 Å². The minimum absolute atomic E-state index is 0.719. The molecule has 5 heteroatoms. The number of rotatable bonds is 2. The van der Waals surface area contributed by atoms with Crippen molar-refractivity contribution in [3.05, 3.63) is 42.1 Å². The van der Waals surface area contributed by atoms with Crippen LogP contribution in [0.2, 0.25) is 0 Å². The van der Waals surface area contributed by atoms with E-state index in [4.69, 9.17) is 4.74 Å². The molecule has 2 N–H and O–H groups in total. The van der Waals surface area contributed by atoms with Crippen molar-refractivity contribution in [1.29, 1.82) is 0 Å². The van der Waals surface area contributed by atoms with Crippen molar-refractivity contribution in [3.8, 4) is 5.75 Å². The Morgan fingerprint density at radius 1 is 1.16 bits per heavy atom. The molecule has 0 atom stereocenters. The number of hydrogen-bond acceptors (Lipinski definition) is 4. The topological polar surface area (TPSA) is 62.8 Å². The van der Waals surface area contributed by atoms with Gasteiger partial charge in [0.15, 0.2) is 17.4 Å². The first kappa shape index (κ1) is 10.4. The average molecular weight is 252 g/mol. The second-order valence-electron chi connectivity index (χ2n) is 4.49.